The Kier molecular flexibility index (Phi) is 5.80. The first kappa shape index (κ1) is 20.0. The number of nitrogens with one attached hydrogen (secondary N) is 1. The molecule has 0 spiro atoms. The average Bonchev–Trinajstić information content (AvgIpc) is 3.40. The number of amides is 1. The zero-order valence-electron chi connectivity index (χ0n) is 15.9. The lowest BCUT2D eigenvalue weighted by atomic mass is 10.2. The fraction of sp³-hybridized carbons (Fsp3) is 0.333. The van der Waals surface area contributed by atoms with E-state index in [0.717, 1.165) is 4.88 Å². The van der Waals surface area contributed by atoms with Gasteiger partial charge in [-0.05, 0) is 43.6 Å². The van der Waals surface area contributed by atoms with Gasteiger partial charge >= 0.3 is 5.97 Å². The minimum atomic E-state index is -0.565. The summed E-state index contributed by atoms with van der Waals surface area (Å²) in [6, 6.07) is 4.87. The van der Waals surface area contributed by atoms with Crippen LogP contribution < -0.4 is 0 Å². The summed E-state index contributed by atoms with van der Waals surface area (Å²) < 4.78 is 12.4. The van der Waals surface area contributed by atoms with Gasteiger partial charge in [-0.3, -0.25) is 14.5 Å². The van der Waals surface area contributed by atoms with Crippen LogP contribution in [0.25, 0.3) is 10.7 Å². The van der Waals surface area contributed by atoms with Crippen molar-refractivity contribution in [3.05, 3.63) is 45.4 Å². The van der Waals surface area contributed by atoms with E-state index in [1.54, 1.807) is 31.5 Å². The summed E-state index contributed by atoms with van der Waals surface area (Å²) in [5.74, 6) is 0.934. The summed E-state index contributed by atoms with van der Waals surface area (Å²) in [6.45, 7) is 3.66. The third kappa shape index (κ3) is 3.78. The molecule has 0 aliphatic rings. The molecule has 3 heterocycles. The molecule has 0 aliphatic carbocycles. The summed E-state index contributed by atoms with van der Waals surface area (Å²) in [6.07, 6.45) is 0. The van der Waals surface area contributed by atoms with Crippen LogP contribution >= 0.6 is 23.6 Å². The number of esters is 1. The molecule has 1 unspecified atom stereocenters. The number of furan rings is 1. The van der Waals surface area contributed by atoms with E-state index in [9.17, 15) is 9.59 Å². The number of hydrogen-bond acceptors (Lipinski definition) is 7. The largest absolute Gasteiger partial charge is 0.465 e. The lowest BCUT2D eigenvalue weighted by Gasteiger charge is -2.22. The maximum absolute atomic E-state index is 13.0. The number of aromatic amines is 1. The maximum Gasteiger partial charge on any atom is 0.341 e. The number of likely N-dealkylation sites (N-methyl/N-ethyl adjacent to an activating group) is 1. The van der Waals surface area contributed by atoms with Crippen LogP contribution in [0.4, 0.5) is 0 Å². The van der Waals surface area contributed by atoms with E-state index in [-0.39, 0.29) is 12.5 Å². The Bertz CT molecular complexity index is 1050. The van der Waals surface area contributed by atoms with Crippen LogP contribution in [0, 0.1) is 11.7 Å². The molecule has 3 rings (SSSR count). The van der Waals surface area contributed by atoms with Crippen LogP contribution in [0.2, 0.25) is 0 Å². The molecule has 0 aromatic carbocycles. The second-order valence-electron chi connectivity index (χ2n) is 6.24. The smallest absolute Gasteiger partial charge is 0.341 e. The first-order valence-electron chi connectivity index (χ1n) is 8.46. The van der Waals surface area contributed by atoms with Gasteiger partial charge in [-0.25, -0.2) is 4.79 Å². The molecule has 0 saturated heterocycles. The number of rotatable bonds is 6. The number of H-pyrrole nitrogens is 1. The minimum absolute atomic E-state index is 0.163. The molecule has 0 saturated carbocycles. The van der Waals surface area contributed by atoms with Gasteiger partial charge in [0.2, 0.25) is 5.91 Å². The standard InChI is InChI=1S/C18H20N4O4S2/c1-10(22-15(19-20-18(22)27)14-6-5-7-28-14)16(23)21(3)9-12-8-13(11(2)26-12)17(24)25-4/h5-8,10H,9H2,1-4H3,(H,20,27). The van der Waals surface area contributed by atoms with Crippen molar-refractivity contribution in [2.24, 2.45) is 0 Å². The Morgan fingerprint density at radius 3 is 2.89 bits per heavy atom. The number of methoxy groups -OCH3 is 1. The van der Waals surface area contributed by atoms with E-state index in [0.29, 0.717) is 27.7 Å². The highest BCUT2D eigenvalue weighted by Gasteiger charge is 2.25. The van der Waals surface area contributed by atoms with Crippen molar-refractivity contribution >= 4 is 35.4 Å². The van der Waals surface area contributed by atoms with Gasteiger partial charge in [0.1, 0.15) is 23.1 Å². The monoisotopic (exact) mass is 420 g/mol. The lowest BCUT2D eigenvalue weighted by Crippen LogP contribution is -2.33. The molecule has 8 nitrogen and oxygen atoms in total. The van der Waals surface area contributed by atoms with E-state index in [1.165, 1.54) is 23.3 Å². The molecule has 1 N–H and O–H groups in total. The van der Waals surface area contributed by atoms with E-state index < -0.39 is 12.0 Å². The Balaban J connectivity index is 1.80. The molecular weight excluding hydrogens is 400 g/mol. The molecule has 3 aromatic heterocycles. The van der Waals surface area contributed by atoms with Crippen LogP contribution in [0.3, 0.4) is 0 Å². The van der Waals surface area contributed by atoms with Gasteiger partial charge in [-0.15, -0.1) is 11.3 Å². The molecule has 0 radical (unpaired) electrons. The highest BCUT2D eigenvalue weighted by Crippen LogP contribution is 2.26. The first-order valence-corrected chi connectivity index (χ1v) is 9.75. The van der Waals surface area contributed by atoms with E-state index >= 15 is 0 Å². The number of carbonyl (C=O) groups excluding carboxylic acids is 2. The van der Waals surface area contributed by atoms with Crippen LogP contribution in [-0.4, -0.2) is 45.7 Å². The summed E-state index contributed by atoms with van der Waals surface area (Å²) in [7, 11) is 2.98. The number of ether oxygens (including phenoxy) is 1. The predicted octanol–water partition coefficient (Wildman–Crippen LogP) is 3.58. The molecule has 0 fully saturated rings. The Labute approximate surface area is 170 Å². The predicted molar refractivity (Wildman–Crippen MR) is 107 cm³/mol. The van der Waals surface area contributed by atoms with Crippen molar-refractivity contribution < 1.29 is 18.7 Å². The normalized spacial score (nSPS) is 12.0. The van der Waals surface area contributed by atoms with Crippen molar-refractivity contribution in [1.82, 2.24) is 19.7 Å². The summed E-state index contributed by atoms with van der Waals surface area (Å²) in [5, 5.41) is 8.96. The number of aryl methyl sites for hydroxylation is 1. The van der Waals surface area contributed by atoms with Gasteiger partial charge in [0.15, 0.2) is 10.6 Å². The minimum Gasteiger partial charge on any atom is -0.465 e. The lowest BCUT2D eigenvalue weighted by molar-refractivity contribution is -0.133. The molecule has 3 aromatic rings. The highest BCUT2D eigenvalue weighted by molar-refractivity contribution is 7.71. The average molecular weight is 421 g/mol. The highest BCUT2D eigenvalue weighted by atomic mass is 32.1. The second kappa shape index (κ2) is 8.11. The Morgan fingerprint density at radius 1 is 1.50 bits per heavy atom. The molecule has 1 amide bonds. The zero-order valence-corrected chi connectivity index (χ0v) is 17.5. The third-order valence-electron chi connectivity index (χ3n) is 4.33. The van der Waals surface area contributed by atoms with E-state index in [1.807, 2.05) is 17.5 Å². The quantitative estimate of drug-likeness (QED) is 0.484. The number of nitrogens with zero attached hydrogens (tertiary/aromatic N) is 3. The second-order valence-corrected chi connectivity index (χ2v) is 7.58. The van der Waals surface area contributed by atoms with Crippen LogP contribution in [0.15, 0.2) is 28.0 Å². The zero-order chi connectivity index (χ0) is 20.4. The summed E-state index contributed by atoms with van der Waals surface area (Å²) >= 11 is 6.85. The SMILES string of the molecule is COC(=O)c1cc(CN(C)C(=O)C(C)n2c(-c3cccs3)n[nH]c2=S)oc1C. The molecule has 0 bridgehead atoms. The van der Waals surface area contributed by atoms with E-state index in [4.69, 9.17) is 21.4 Å². The fourth-order valence-electron chi connectivity index (χ4n) is 2.92. The Hall–Kier alpha value is -2.72. The first-order chi connectivity index (χ1) is 13.3. The summed E-state index contributed by atoms with van der Waals surface area (Å²) in [5.41, 5.74) is 0.350. The van der Waals surface area contributed by atoms with Gasteiger partial charge < -0.3 is 14.1 Å². The van der Waals surface area contributed by atoms with Crippen LogP contribution in [-0.2, 0) is 16.1 Å². The van der Waals surface area contributed by atoms with E-state index in [2.05, 4.69) is 10.2 Å². The fourth-order valence-corrected chi connectivity index (χ4v) is 3.92. The summed E-state index contributed by atoms with van der Waals surface area (Å²) in [4.78, 5) is 27.2. The topological polar surface area (TPSA) is 93.4 Å². The van der Waals surface area contributed by atoms with Crippen molar-refractivity contribution in [2.45, 2.75) is 26.4 Å². The van der Waals surface area contributed by atoms with Crippen LogP contribution in [0.1, 0.15) is 34.8 Å². The molecule has 148 valence electrons. The van der Waals surface area contributed by atoms with Crippen molar-refractivity contribution in [3.63, 3.8) is 0 Å². The van der Waals surface area contributed by atoms with Crippen molar-refractivity contribution in [2.75, 3.05) is 14.2 Å². The van der Waals surface area contributed by atoms with Crippen molar-refractivity contribution in [1.29, 1.82) is 0 Å². The third-order valence-corrected chi connectivity index (χ3v) is 5.49. The molecular formula is C18H20N4O4S2. The number of hydrogen-bond donors (Lipinski definition) is 1. The number of thiophene rings is 1. The van der Waals surface area contributed by atoms with Gasteiger partial charge in [0.25, 0.3) is 0 Å². The van der Waals surface area contributed by atoms with Crippen molar-refractivity contribution in [3.8, 4) is 10.7 Å². The maximum atomic E-state index is 13.0. The van der Waals surface area contributed by atoms with Crippen LogP contribution in [0.5, 0.6) is 0 Å². The number of aromatic nitrogens is 3. The van der Waals surface area contributed by atoms with Gasteiger partial charge in [-0.2, -0.15) is 5.10 Å². The molecule has 1 atom stereocenters. The molecule has 10 heteroatoms. The molecule has 28 heavy (non-hydrogen) atoms. The van der Waals surface area contributed by atoms with Gasteiger partial charge in [0, 0.05) is 7.05 Å². The number of carbonyl (C=O) groups is 2. The van der Waals surface area contributed by atoms with Gasteiger partial charge in [-0.1, -0.05) is 6.07 Å². The Morgan fingerprint density at radius 2 is 2.25 bits per heavy atom. The van der Waals surface area contributed by atoms with Gasteiger partial charge in [0.05, 0.1) is 18.5 Å². The molecule has 0 aliphatic heterocycles.